The van der Waals surface area contributed by atoms with Crippen LogP contribution in [-0.4, -0.2) is 36.0 Å². The Morgan fingerprint density at radius 2 is 1.23 bits per heavy atom. The number of carbonyl (C=O) groups excluding carboxylic acids is 2. The van der Waals surface area contributed by atoms with Crippen LogP contribution >= 0.6 is 0 Å². The van der Waals surface area contributed by atoms with Gasteiger partial charge in [0.15, 0.2) is 0 Å². The van der Waals surface area contributed by atoms with Gasteiger partial charge in [0.25, 0.3) is 0 Å². The van der Waals surface area contributed by atoms with Crippen LogP contribution in [0, 0.1) is 5.92 Å². The van der Waals surface area contributed by atoms with E-state index in [1.165, 1.54) is 83.5 Å². The van der Waals surface area contributed by atoms with Crippen LogP contribution in [0.3, 0.4) is 0 Å². The van der Waals surface area contributed by atoms with Crippen molar-refractivity contribution in [3.63, 3.8) is 0 Å². The minimum absolute atomic E-state index is 0.174. The highest BCUT2D eigenvalue weighted by atomic mass is 16.5. The fourth-order valence-corrected chi connectivity index (χ4v) is 4.58. The molecule has 0 aromatic rings. The zero-order valence-electron chi connectivity index (χ0n) is 19.7. The molecule has 1 unspecified atom stereocenters. The van der Waals surface area contributed by atoms with Crippen molar-refractivity contribution in [2.45, 2.75) is 135 Å². The highest BCUT2D eigenvalue weighted by Gasteiger charge is 2.41. The van der Waals surface area contributed by atoms with E-state index in [0.717, 1.165) is 45.1 Å². The van der Waals surface area contributed by atoms with Gasteiger partial charge >= 0.3 is 5.97 Å². The first-order valence-corrected chi connectivity index (χ1v) is 13.2. The molecule has 30 heavy (non-hydrogen) atoms. The highest BCUT2D eigenvalue weighted by molar-refractivity contribution is 5.87. The predicted octanol–water partition coefficient (Wildman–Crippen LogP) is 6.80. The molecule has 0 bridgehead atoms. The van der Waals surface area contributed by atoms with E-state index in [4.69, 9.17) is 4.74 Å². The summed E-state index contributed by atoms with van der Waals surface area (Å²) >= 11 is 0. The van der Waals surface area contributed by atoms with Gasteiger partial charge in [-0.3, -0.25) is 4.79 Å². The minimum atomic E-state index is -0.311. The van der Waals surface area contributed by atoms with Gasteiger partial charge in [0, 0.05) is 12.5 Å². The van der Waals surface area contributed by atoms with E-state index in [2.05, 4.69) is 6.92 Å². The molecule has 0 radical (unpaired) electrons. The summed E-state index contributed by atoms with van der Waals surface area (Å²) in [5, 5.41) is 0. The summed E-state index contributed by atoms with van der Waals surface area (Å²) in [7, 11) is 0. The predicted molar refractivity (Wildman–Crippen MR) is 123 cm³/mol. The summed E-state index contributed by atoms with van der Waals surface area (Å²) in [6, 6.07) is -0.311. The van der Waals surface area contributed by atoms with Gasteiger partial charge in [-0.1, -0.05) is 96.8 Å². The van der Waals surface area contributed by atoms with Crippen LogP contribution in [0.1, 0.15) is 129 Å². The Hall–Kier alpha value is -1.06. The highest BCUT2D eigenvalue weighted by Crippen LogP contribution is 2.33. The van der Waals surface area contributed by atoms with Crippen molar-refractivity contribution in [2.75, 3.05) is 13.2 Å². The number of likely N-dealkylation sites (tertiary alicyclic amines) is 1. The number of hydrogen-bond acceptors (Lipinski definition) is 3. The zero-order valence-corrected chi connectivity index (χ0v) is 19.7. The van der Waals surface area contributed by atoms with Crippen molar-refractivity contribution in [3.8, 4) is 0 Å². The van der Waals surface area contributed by atoms with Crippen LogP contribution in [0.4, 0.5) is 0 Å². The van der Waals surface area contributed by atoms with Gasteiger partial charge in [0.1, 0.15) is 6.04 Å². The van der Waals surface area contributed by atoms with Crippen molar-refractivity contribution >= 4 is 11.9 Å². The number of nitrogens with zero attached hydrogens (tertiary/aromatic N) is 1. The maximum absolute atomic E-state index is 12.3. The summed E-state index contributed by atoms with van der Waals surface area (Å²) in [4.78, 5) is 26.4. The molecule has 1 heterocycles. The molecule has 1 aliphatic heterocycles. The van der Waals surface area contributed by atoms with E-state index in [1.807, 2.05) is 0 Å². The average molecular weight is 422 g/mol. The Kier molecular flexibility index (Phi) is 13.2. The molecule has 0 aromatic carbocycles. The molecular formula is C26H47NO3. The largest absolute Gasteiger partial charge is 0.464 e. The maximum Gasteiger partial charge on any atom is 0.328 e. The second-order valence-corrected chi connectivity index (χ2v) is 9.58. The number of hydrogen-bond donors (Lipinski definition) is 0. The number of ether oxygens (including phenoxy) is 1. The van der Waals surface area contributed by atoms with Gasteiger partial charge in [-0.25, -0.2) is 4.79 Å². The van der Waals surface area contributed by atoms with Gasteiger partial charge in [0.2, 0.25) is 5.91 Å². The first-order valence-electron chi connectivity index (χ1n) is 13.2. The maximum atomic E-state index is 12.3. The molecule has 1 amide bonds. The lowest BCUT2D eigenvalue weighted by Crippen LogP contribution is -2.42. The smallest absolute Gasteiger partial charge is 0.328 e. The van der Waals surface area contributed by atoms with Gasteiger partial charge in [-0.2, -0.15) is 0 Å². The molecule has 4 nitrogen and oxygen atoms in total. The summed E-state index contributed by atoms with van der Waals surface area (Å²) in [5.41, 5.74) is 0. The summed E-state index contributed by atoms with van der Waals surface area (Å²) in [5.74, 6) is 0.197. The van der Waals surface area contributed by atoms with E-state index in [1.54, 1.807) is 4.90 Å². The first kappa shape index (κ1) is 25.2. The summed E-state index contributed by atoms with van der Waals surface area (Å²) in [6.45, 7) is 3.52. The molecular weight excluding hydrogens is 374 g/mol. The molecule has 0 spiro atoms. The van der Waals surface area contributed by atoms with Gasteiger partial charge in [-0.05, 0) is 32.1 Å². The SMILES string of the molecule is CCCCCCCCCCCCCCCCCOC(=O)C1CCCN1C(=O)C1CC1. The summed E-state index contributed by atoms with van der Waals surface area (Å²) in [6.07, 6.45) is 23.7. The zero-order chi connectivity index (χ0) is 21.4. The monoisotopic (exact) mass is 421 g/mol. The number of unbranched alkanes of at least 4 members (excludes halogenated alkanes) is 14. The van der Waals surface area contributed by atoms with Gasteiger partial charge in [-0.15, -0.1) is 0 Å². The Bertz CT molecular complexity index is 475. The van der Waals surface area contributed by atoms with Crippen LogP contribution in [0.15, 0.2) is 0 Å². The molecule has 1 aliphatic carbocycles. The molecule has 1 saturated heterocycles. The molecule has 4 heteroatoms. The van der Waals surface area contributed by atoms with E-state index >= 15 is 0 Å². The molecule has 2 fully saturated rings. The lowest BCUT2D eigenvalue weighted by Gasteiger charge is -2.23. The van der Waals surface area contributed by atoms with Crippen molar-refractivity contribution < 1.29 is 14.3 Å². The van der Waals surface area contributed by atoms with Crippen LogP contribution in [0.25, 0.3) is 0 Å². The number of carbonyl (C=O) groups is 2. The molecule has 0 N–H and O–H groups in total. The normalized spacial score (nSPS) is 18.7. The molecule has 1 saturated carbocycles. The fourth-order valence-electron chi connectivity index (χ4n) is 4.58. The van der Waals surface area contributed by atoms with Gasteiger partial charge in [0.05, 0.1) is 6.61 Å². The minimum Gasteiger partial charge on any atom is -0.464 e. The molecule has 174 valence electrons. The van der Waals surface area contributed by atoms with Crippen molar-refractivity contribution in [2.24, 2.45) is 5.92 Å². The first-order chi connectivity index (χ1) is 14.7. The molecule has 2 aliphatic rings. The van der Waals surface area contributed by atoms with Crippen molar-refractivity contribution in [3.05, 3.63) is 0 Å². The van der Waals surface area contributed by atoms with Crippen molar-refractivity contribution in [1.82, 2.24) is 4.90 Å². The standard InChI is InChI=1S/C26H47NO3/c1-2-3-4-5-6-7-8-9-10-11-12-13-14-15-16-22-30-26(29)24-18-17-21-27(24)25(28)23-19-20-23/h23-24H,2-22H2,1H3. The topological polar surface area (TPSA) is 46.6 Å². The Balaban J connectivity index is 1.34. The van der Waals surface area contributed by atoms with E-state index < -0.39 is 0 Å². The third kappa shape index (κ3) is 10.3. The van der Waals surface area contributed by atoms with Crippen LogP contribution in [0.2, 0.25) is 0 Å². The lowest BCUT2D eigenvalue weighted by atomic mass is 10.0. The third-order valence-corrected chi connectivity index (χ3v) is 6.73. The Labute approximate surface area is 185 Å². The fraction of sp³-hybridized carbons (Fsp3) is 0.923. The molecule has 2 rings (SSSR count). The molecule has 1 atom stereocenters. The Morgan fingerprint density at radius 1 is 0.733 bits per heavy atom. The van der Waals surface area contributed by atoms with Gasteiger partial charge < -0.3 is 9.64 Å². The molecule has 0 aromatic heterocycles. The quantitative estimate of drug-likeness (QED) is 0.180. The van der Waals surface area contributed by atoms with Crippen molar-refractivity contribution in [1.29, 1.82) is 0 Å². The average Bonchev–Trinajstić information content (AvgIpc) is 3.49. The lowest BCUT2D eigenvalue weighted by molar-refractivity contribution is -0.153. The number of amides is 1. The van der Waals surface area contributed by atoms with Crippen LogP contribution in [0.5, 0.6) is 0 Å². The van der Waals surface area contributed by atoms with Crippen LogP contribution < -0.4 is 0 Å². The Morgan fingerprint density at radius 3 is 1.73 bits per heavy atom. The summed E-state index contributed by atoms with van der Waals surface area (Å²) < 4.78 is 5.49. The third-order valence-electron chi connectivity index (χ3n) is 6.73. The number of esters is 1. The van der Waals surface area contributed by atoms with E-state index in [0.29, 0.717) is 6.61 Å². The van der Waals surface area contributed by atoms with E-state index in [9.17, 15) is 9.59 Å². The second-order valence-electron chi connectivity index (χ2n) is 9.58. The van der Waals surface area contributed by atoms with E-state index in [-0.39, 0.29) is 23.8 Å². The van der Waals surface area contributed by atoms with Crippen LogP contribution in [-0.2, 0) is 14.3 Å². The number of rotatable bonds is 18. The second kappa shape index (κ2) is 15.7.